The minimum absolute atomic E-state index is 0.0490. The Morgan fingerprint density at radius 2 is 2.11 bits per heavy atom. The number of nitrogens with zero attached hydrogens (tertiary/aromatic N) is 5. The number of hydrogen-bond donors (Lipinski definition) is 1. The molecule has 1 aliphatic rings. The van der Waals surface area contributed by atoms with Crippen molar-refractivity contribution in [3.8, 4) is 6.07 Å². The SMILES string of the molecule is CCn1nc(C(C)C)cc1C(=O)NCC1CCN(c2cccc(C#N)n2)CC1. The van der Waals surface area contributed by atoms with Crippen LogP contribution >= 0.6 is 0 Å². The minimum Gasteiger partial charge on any atom is -0.357 e. The molecule has 0 atom stereocenters. The van der Waals surface area contributed by atoms with Gasteiger partial charge in [0.05, 0.1) is 5.69 Å². The summed E-state index contributed by atoms with van der Waals surface area (Å²) in [5, 5.41) is 16.6. The quantitative estimate of drug-likeness (QED) is 0.833. The van der Waals surface area contributed by atoms with Crippen molar-refractivity contribution in [1.82, 2.24) is 20.1 Å². The second-order valence-corrected chi connectivity index (χ2v) is 7.56. The van der Waals surface area contributed by atoms with E-state index in [-0.39, 0.29) is 5.91 Å². The summed E-state index contributed by atoms with van der Waals surface area (Å²) in [6.07, 6.45) is 1.98. The van der Waals surface area contributed by atoms with Crippen molar-refractivity contribution in [1.29, 1.82) is 5.26 Å². The first-order valence-electron chi connectivity index (χ1n) is 9.99. The Kier molecular flexibility index (Phi) is 6.30. The predicted molar refractivity (Wildman–Crippen MR) is 108 cm³/mol. The predicted octanol–water partition coefficient (Wildman–Crippen LogP) is 2.94. The number of amides is 1. The molecule has 0 aromatic carbocycles. The van der Waals surface area contributed by atoms with E-state index in [0.29, 0.717) is 36.3 Å². The van der Waals surface area contributed by atoms with Gasteiger partial charge < -0.3 is 10.2 Å². The van der Waals surface area contributed by atoms with Crippen molar-refractivity contribution < 1.29 is 4.79 Å². The Hall–Kier alpha value is -2.88. The van der Waals surface area contributed by atoms with Gasteiger partial charge in [0.15, 0.2) is 0 Å². The summed E-state index contributed by atoms with van der Waals surface area (Å²) in [5.41, 5.74) is 2.04. The second kappa shape index (κ2) is 8.87. The van der Waals surface area contributed by atoms with Gasteiger partial charge in [-0.25, -0.2) is 4.98 Å². The molecule has 7 heteroatoms. The van der Waals surface area contributed by atoms with Crippen molar-refractivity contribution in [3.05, 3.63) is 41.3 Å². The van der Waals surface area contributed by atoms with Crippen LogP contribution in [-0.4, -0.2) is 40.3 Å². The van der Waals surface area contributed by atoms with Gasteiger partial charge in [-0.05, 0) is 49.8 Å². The molecule has 2 aromatic heterocycles. The molecule has 148 valence electrons. The molecule has 0 spiro atoms. The normalized spacial score (nSPS) is 14.9. The van der Waals surface area contributed by atoms with Crippen molar-refractivity contribution in [3.63, 3.8) is 0 Å². The van der Waals surface area contributed by atoms with E-state index in [2.05, 4.69) is 40.2 Å². The Labute approximate surface area is 166 Å². The lowest BCUT2D eigenvalue weighted by Gasteiger charge is -2.32. The average molecular weight is 380 g/mol. The van der Waals surface area contributed by atoms with Crippen LogP contribution in [0.1, 0.15) is 61.4 Å². The molecule has 1 fully saturated rings. The molecule has 0 unspecified atom stereocenters. The van der Waals surface area contributed by atoms with E-state index in [1.807, 2.05) is 25.1 Å². The Bertz CT molecular complexity index is 858. The lowest BCUT2D eigenvalue weighted by molar-refractivity contribution is 0.0934. The number of piperidine rings is 1. The zero-order chi connectivity index (χ0) is 20.1. The summed E-state index contributed by atoms with van der Waals surface area (Å²) >= 11 is 0. The molecular formula is C21H28N6O. The number of carbonyl (C=O) groups is 1. The van der Waals surface area contributed by atoms with Gasteiger partial charge in [0.1, 0.15) is 23.3 Å². The molecule has 3 rings (SSSR count). The number of pyridine rings is 1. The monoisotopic (exact) mass is 380 g/mol. The van der Waals surface area contributed by atoms with Crippen LogP contribution in [0.4, 0.5) is 5.82 Å². The highest BCUT2D eigenvalue weighted by atomic mass is 16.2. The highest BCUT2D eigenvalue weighted by Crippen LogP contribution is 2.22. The molecular weight excluding hydrogens is 352 g/mol. The van der Waals surface area contributed by atoms with E-state index < -0.39 is 0 Å². The maximum Gasteiger partial charge on any atom is 0.269 e. The van der Waals surface area contributed by atoms with E-state index in [4.69, 9.17) is 5.26 Å². The van der Waals surface area contributed by atoms with Gasteiger partial charge in [0.25, 0.3) is 5.91 Å². The lowest BCUT2D eigenvalue weighted by atomic mass is 9.96. The third kappa shape index (κ3) is 4.50. The van der Waals surface area contributed by atoms with E-state index >= 15 is 0 Å². The number of nitrogens with one attached hydrogen (secondary N) is 1. The van der Waals surface area contributed by atoms with Gasteiger partial charge in [0.2, 0.25) is 0 Å². The zero-order valence-corrected chi connectivity index (χ0v) is 16.9. The second-order valence-electron chi connectivity index (χ2n) is 7.56. The van der Waals surface area contributed by atoms with Crippen LogP contribution in [0.25, 0.3) is 0 Å². The summed E-state index contributed by atoms with van der Waals surface area (Å²) < 4.78 is 1.78. The van der Waals surface area contributed by atoms with E-state index in [0.717, 1.165) is 37.4 Å². The summed E-state index contributed by atoms with van der Waals surface area (Å²) in [7, 11) is 0. The highest BCUT2D eigenvalue weighted by Gasteiger charge is 2.22. The minimum atomic E-state index is -0.0490. The molecule has 3 heterocycles. The summed E-state index contributed by atoms with van der Waals surface area (Å²) in [6, 6.07) is 9.53. The first kappa shape index (κ1) is 19.9. The van der Waals surface area contributed by atoms with Crippen LogP contribution < -0.4 is 10.2 Å². The Balaban J connectivity index is 1.53. The first-order valence-corrected chi connectivity index (χ1v) is 9.99. The third-order valence-electron chi connectivity index (χ3n) is 5.26. The van der Waals surface area contributed by atoms with Crippen molar-refractivity contribution in [2.45, 2.75) is 46.1 Å². The fourth-order valence-electron chi connectivity index (χ4n) is 3.50. The summed E-state index contributed by atoms with van der Waals surface area (Å²) in [4.78, 5) is 19.2. The van der Waals surface area contributed by atoms with E-state index in [1.54, 1.807) is 10.7 Å². The number of carbonyl (C=O) groups excluding carboxylic acids is 1. The average Bonchev–Trinajstić information content (AvgIpc) is 3.17. The molecule has 7 nitrogen and oxygen atoms in total. The van der Waals surface area contributed by atoms with Gasteiger partial charge in [-0.1, -0.05) is 19.9 Å². The fraction of sp³-hybridized carbons (Fsp3) is 0.524. The molecule has 0 radical (unpaired) electrons. The van der Waals surface area contributed by atoms with Crippen molar-refractivity contribution in [2.24, 2.45) is 5.92 Å². The van der Waals surface area contributed by atoms with Gasteiger partial charge in [-0.3, -0.25) is 9.48 Å². The topological polar surface area (TPSA) is 86.8 Å². The van der Waals surface area contributed by atoms with Crippen molar-refractivity contribution in [2.75, 3.05) is 24.5 Å². The lowest BCUT2D eigenvalue weighted by Crippen LogP contribution is -2.39. The number of aryl methyl sites for hydroxylation is 1. The summed E-state index contributed by atoms with van der Waals surface area (Å²) in [6.45, 7) is 9.28. The Morgan fingerprint density at radius 1 is 1.36 bits per heavy atom. The molecule has 0 bridgehead atoms. The number of rotatable bonds is 6. The molecule has 2 aromatic rings. The smallest absolute Gasteiger partial charge is 0.269 e. The molecule has 0 aliphatic carbocycles. The van der Waals surface area contributed by atoms with Crippen LogP contribution in [-0.2, 0) is 6.54 Å². The standard InChI is InChI=1S/C21H28N6O/c1-4-27-19(12-18(25-27)15(2)3)21(28)23-14-16-8-10-26(11-9-16)20-7-5-6-17(13-22)24-20/h5-7,12,15-16H,4,8-11,14H2,1-3H3,(H,23,28). The maximum absolute atomic E-state index is 12.6. The Morgan fingerprint density at radius 3 is 2.75 bits per heavy atom. The maximum atomic E-state index is 12.6. The number of nitriles is 1. The van der Waals surface area contributed by atoms with Gasteiger partial charge >= 0.3 is 0 Å². The van der Waals surface area contributed by atoms with Gasteiger partial charge in [-0.2, -0.15) is 10.4 Å². The molecule has 1 saturated heterocycles. The van der Waals surface area contributed by atoms with Gasteiger partial charge in [0, 0.05) is 26.2 Å². The van der Waals surface area contributed by atoms with Crippen LogP contribution in [0.5, 0.6) is 0 Å². The third-order valence-corrected chi connectivity index (χ3v) is 5.26. The molecule has 1 aliphatic heterocycles. The van der Waals surface area contributed by atoms with Crippen LogP contribution in [0.3, 0.4) is 0 Å². The van der Waals surface area contributed by atoms with Gasteiger partial charge in [-0.15, -0.1) is 0 Å². The zero-order valence-electron chi connectivity index (χ0n) is 16.9. The molecule has 28 heavy (non-hydrogen) atoms. The first-order chi connectivity index (χ1) is 13.5. The molecule has 0 saturated carbocycles. The largest absolute Gasteiger partial charge is 0.357 e. The van der Waals surface area contributed by atoms with Crippen LogP contribution in [0, 0.1) is 17.2 Å². The molecule has 1 N–H and O–H groups in total. The summed E-state index contributed by atoms with van der Waals surface area (Å²) in [5.74, 6) is 1.56. The molecule has 1 amide bonds. The van der Waals surface area contributed by atoms with E-state index in [9.17, 15) is 4.79 Å². The highest BCUT2D eigenvalue weighted by molar-refractivity contribution is 5.92. The number of anilines is 1. The number of hydrogen-bond acceptors (Lipinski definition) is 5. The van der Waals surface area contributed by atoms with Crippen LogP contribution in [0.2, 0.25) is 0 Å². The van der Waals surface area contributed by atoms with Crippen LogP contribution in [0.15, 0.2) is 24.3 Å². The van der Waals surface area contributed by atoms with E-state index in [1.165, 1.54) is 0 Å². The fourth-order valence-corrected chi connectivity index (χ4v) is 3.50. The van der Waals surface area contributed by atoms with Crippen molar-refractivity contribution >= 4 is 11.7 Å². The number of aromatic nitrogens is 3.